The molecule has 1 N–H and O–H groups in total. The number of unbranched alkanes of at least 4 members (excludes halogenated alkanes) is 8. The smallest absolute Gasteiger partial charge is 0.257 e. The van der Waals surface area contributed by atoms with Crippen molar-refractivity contribution in [2.45, 2.75) is 90.1 Å². The molecule has 2 heterocycles. The lowest BCUT2D eigenvalue weighted by Crippen LogP contribution is -2.22. The van der Waals surface area contributed by atoms with Crippen molar-refractivity contribution >= 4 is 11.3 Å². The monoisotopic (exact) mass is 515 g/mol. The highest BCUT2D eigenvalue weighted by Crippen LogP contribution is 2.23. The summed E-state index contributed by atoms with van der Waals surface area (Å²) < 4.78 is 5.56. The fourth-order valence-corrected chi connectivity index (χ4v) is 5.42. The molecule has 5 heteroatoms. The Morgan fingerprint density at radius 2 is 1.54 bits per heavy atom. The molecule has 0 aliphatic heterocycles. The highest BCUT2D eigenvalue weighted by Gasteiger charge is 2.13. The van der Waals surface area contributed by atoms with Crippen LogP contribution in [0.2, 0.25) is 0 Å². The molecule has 4 nitrogen and oxygen atoms in total. The van der Waals surface area contributed by atoms with Crippen molar-refractivity contribution in [2.75, 3.05) is 0 Å². The Labute approximate surface area is 226 Å². The van der Waals surface area contributed by atoms with Gasteiger partial charge in [-0.3, -0.25) is 0 Å². The molecule has 1 atom stereocenters. The number of aromatic nitrogens is 2. The largest absolute Gasteiger partial charge is 0.334 e. The van der Waals surface area contributed by atoms with Gasteiger partial charge in [-0.25, -0.2) is 0 Å². The van der Waals surface area contributed by atoms with Crippen LogP contribution in [-0.4, -0.2) is 10.1 Å². The quantitative estimate of drug-likeness (QED) is 0.143. The van der Waals surface area contributed by atoms with E-state index in [1.54, 1.807) is 11.3 Å². The summed E-state index contributed by atoms with van der Waals surface area (Å²) in [6, 6.07) is 21.7. The number of nitrogens with one attached hydrogen (secondary N) is 1. The number of benzene rings is 2. The minimum absolute atomic E-state index is 0.285. The van der Waals surface area contributed by atoms with Crippen LogP contribution in [0.15, 0.2) is 75.9 Å². The Kier molecular flexibility index (Phi) is 11.4. The average Bonchev–Trinajstić information content (AvgIpc) is 3.64. The van der Waals surface area contributed by atoms with Gasteiger partial charge >= 0.3 is 0 Å². The van der Waals surface area contributed by atoms with Gasteiger partial charge < -0.3 is 9.84 Å². The van der Waals surface area contributed by atoms with Crippen molar-refractivity contribution in [3.8, 4) is 11.5 Å². The maximum Gasteiger partial charge on any atom is 0.257 e. The molecule has 0 saturated heterocycles. The third kappa shape index (κ3) is 9.24. The fourth-order valence-electron chi connectivity index (χ4n) is 4.70. The highest BCUT2D eigenvalue weighted by molar-refractivity contribution is 7.07. The van der Waals surface area contributed by atoms with E-state index in [9.17, 15) is 0 Å². The van der Waals surface area contributed by atoms with Gasteiger partial charge in [0, 0.05) is 24.6 Å². The van der Waals surface area contributed by atoms with Gasteiger partial charge in [0.1, 0.15) is 0 Å². The molecule has 4 rings (SSSR count). The lowest BCUT2D eigenvalue weighted by atomic mass is 10.0. The fraction of sp³-hybridized carbons (Fsp3) is 0.438. The Hall–Kier alpha value is -2.76. The molecular weight excluding hydrogens is 474 g/mol. The molecule has 2 aromatic heterocycles. The van der Waals surface area contributed by atoms with E-state index in [0.29, 0.717) is 5.89 Å². The van der Waals surface area contributed by atoms with Gasteiger partial charge in [0.15, 0.2) is 5.82 Å². The van der Waals surface area contributed by atoms with E-state index in [0.717, 1.165) is 37.2 Å². The molecule has 0 bridgehead atoms. The second kappa shape index (κ2) is 15.5. The van der Waals surface area contributed by atoms with Crippen LogP contribution < -0.4 is 5.32 Å². The van der Waals surface area contributed by atoms with Gasteiger partial charge in [0.25, 0.3) is 5.89 Å². The molecule has 0 aliphatic rings. The van der Waals surface area contributed by atoms with E-state index in [-0.39, 0.29) is 6.04 Å². The first-order valence-electron chi connectivity index (χ1n) is 14.0. The zero-order chi connectivity index (χ0) is 25.5. The second-order valence-electron chi connectivity index (χ2n) is 9.97. The Morgan fingerprint density at radius 1 is 0.811 bits per heavy atom. The van der Waals surface area contributed by atoms with Crippen LogP contribution in [-0.2, 0) is 19.4 Å². The van der Waals surface area contributed by atoms with Crippen LogP contribution in [0.1, 0.15) is 93.3 Å². The SMILES string of the molecule is CCCCCCCCCCCc1noc(-c2ccc(CNC(Cc3ccccc3)c3ccsc3)cc2)n1. The van der Waals surface area contributed by atoms with Crippen LogP contribution in [0.4, 0.5) is 0 Å². The lowest BCUT2D eigenvalue weighted by molar-refractivity contribution is 0.421. The molecule has 0 spiro atoms. The number of thiophene rings is 1. The van der Waals surface area contributed by atoms with Crippen LogP contribution in [0, 0.1) is 0 Å². The van der Waals surface area contributed by atoms with E-state index >= 15 is 0 Å². The summed E-state index contributed by atoms with van der Waals surface area (Å²) in [5.41, 5.74) is 4.91. The predicted octanol–water partition coefficient (Wildman–Crippen LogP) is 8.95. The number of aryl methyl sites for hydroxylation is 1. The first-order chi connectivity index (χ1) is 18.3. The zero-order valence-electron chi connectivity index (χ0n) is 22.2. The Bertz CT molecular complexity index is 1120. The molecule has 0 aliphatic carbocycles. The van der Waals surface area contributed by atoms with Crippen molar-refractivity contribution in [1.29, 1.82) is 0 Å². The minimum Gasteiger partial charge on any atom is -0.334 e. The molecule has 4 aromatic rings. The molecule has 0 amide bonds. The van der Waals surface area contributed by atoms with E-state index in [4.69, 9.17) is 4.52 Å². The van der Waals surface area contributed by atoms with E-state index in [1.165, 1.54) is 68.1 Å². The van der Waals surface area contributed by atoms with Crippen LogP contribution in [0.3, 0.4) is 0 Å². The summed E-state index contributed by atoms with van der Waals surface area (Å²) in [6.07, 6.45) is 13.8. The molecular formula is C32H41N3OS. The summed E-state index contributed by atoms with van der Waals surface area (Å²) in [5, 5.41) is 12.4. The Morgan fingerprint density at radius 3 is 2.24 bits per heavy atom. The molecule has 0 radical (unpaired) electrons. The maximum absolute atomic E-state index is 5.56. The number of hydrogen-bond acceptors (Lipinski definition) is 5. The third-order valence-corrected chi connectivity index (χ3v) is 7.66. The van der Waals surface area contributed by atoms with Crippen molar-refractivity contribution in [3.63, 3.8) is 0 Å². The van der Waals surface area contributed by atoms with Gasteiger partial charge in [0.2, 0.25) is 0 Å². The van der Waals surface area contributed by atoms with E-state index in [2.05, 4.69) is 93.8 Å². The molecule has 0 fully saturated rings. The van der Waals surface area contributed by atoms with Gasteiger partial charge in [-0.15, -0.1) is 0 Å². The van der Waals surface area contributed by atoms with Gasteiger partial charge in [0.05, 0.1) is 0 Å². The zero-order valence-corrected chi connectivity index (χ0v) is 23.0. The highest BCUT2D eigenvalue weighted by atomic mass is 32.1. The van der Waals surface area contributed by atoms with Crippen molar-refractivity contribution in [1.82, 2.24) is 15.5 Å². The third-order valence-electron chi connectivity index (χ3n) is 6.95. The summed E-state index contributed by atoms with van der Waals surface area (Å²) in [4.78, 5) is 4.64. The van der Waals surface area contributed by atoms with E-state index < -0.39 is 0 Å². The van der Waals surface area contributed by atoms with Crippen molar-refractivity contribution < 1.29 is 4.52 Å². The summed E-state index contributed by atoms with van der Waals surface area (Å²) in [6.45, 7) is 3.08. The standard InChI is InChI=1S/C32H41N3OS/c1-2-3-4-5-6-7-8-9-13-16-31-34-32(36-35-31)28-19-17-27(18-20-28)24-33-30(29-21-22-37-25-29)23-26-14-11-10-12-15-26/h10-12,14-15,17-22,25,30,33H,2-9,13,16,23-24H2,1H3. The van der Waals surface area contributed by atoms with Gasteiger partial charge in [-0.05, 0) is 58.5 Å². The van der Waals surface area contributed by atoms with Crippen molar-refractivity contribution in [3.05, 3.63) is 93.9 Å². The second-order valence-corrected chi connectivity index (χ2v) is 10.8. The first-order valence-corrected chi connectivity index (χ1v) is 15.0. The Balaban J connectivity index is 1.22. The van der Waals surface area contributed by atoms with Crippen LogP contribution >= 0.6 is 11.3 Å². The molecule has 196 valence electrons. The van der Waals surface area contributed by atoms with E-state index in [1.807, 2.05) is 0 Å². The summed E-state index contributed by atoms with van der Waals surface area (Å²) in [5.74, 6) is 1.44. The predicted molar refractivity (Wildman–Crippen MR) is 155 cm³/mol. The average molecular weight is 516 g/mol. The van der Waals surface area contributed by atoms with Crippen LogP contribution in [0.5, 0.6) is 0 Å². The molecule has 37 heavy (non-hydrogen) atoms. The van der Waals surface area contributed by atoms with Crippen molar-refractivity contribution in [2.24, 2.45) is 0 Å². The molecule has 2 aromatic carbocycles. The lowest BCUT2D eigenvalue weighted by Gasteiger charge is -2.18. The minimum atomic E-state index is 0.285. The maximum atomic E-state index is 5.56. The van der Waals surface area contributed by atoms with Crippen LogP contribution in [0.25, 0.3) is 11.5 Å². The van der Waals surface area contributed by atoms with Gasteiger partial charge in [-0.2, -0.15) is 16.3 Å². The summed E-state index contributed by atoms with van der Waals surface area (Å²) >= 11 is 1.75. The topological polar surface area (TPSA) is 51.0 Å². The number of hydrogen-bond donors (Lipinski definition) is 1. The summed E-state index contributed by atoms with van der Waals surface area (Å²) in [7, 11) is 0. The number of rotatable bonds is 17. The normalized spacial score (nSPS) is 12.1. The first kappa shape index (κ1) is 27.3. The number of nitrogens with zero attached hydrogens (tertiary/aromatic N) is 2. The van der Waals surface area contributed by atoms with Gasteiger partial charge in [-0.1, -0.05) is 106 Å². The molecule has 0 saturated carbocycles. The molecule has 1 unspecified atom stereocenters.